The molecule has 5 nitrogen and oxygen atoms in total. The lowest BCUT2D eigenvalue weighted by molar-refractivity contribution is 0.584. The van der Waals surface area contributed by atoms with E-state index in [0.717, 1.165) is 16.9 Å². The highest BCUT2D eigenvalue weighted by molar-refractivity contribution is 7.89. The number of thiazole rings is 1. The topological polar surface area (TPSA) is 68.2 Å². The summed E-state index contributed by atoms with van der Waals surface area (Å²) in [6, 6.07) is 4.76. The van der Waals surface area contributed by atoms with Crippen molar-refractivity contribution in [3.8, 4) is 0 Å². The van der Waals surface area contributed by atoms with Gasteiger partial charge in [0.15, 0.2) is 0 Å². The second-order valence-electron chi connectivity index (χ2n) is 3.74. The predicted molar refractivity (Wildman–Crippen MR) is 72.6 cm³/mol. The molecule has 0 radical (unpaired) electrons. The van der Waals surface area contributed by atoms with E-state index in [1.807, 2.05) is 6.92 Å². The fraction of sp³-hybridized carbons (Fsp3) is 0.364. The van der Waals surface area contributed by atoms with Gasteiger partial charge in [0.1, 0.15) is 0 Å². The first kappa shape index (κ1) is 13.3. The van der Waals surface area contributed by atoms with Crippen molar-refractivity contribution in [3.05, 3.63) is 27.9 Å². The lowest BCUT2D eigenvalue weighted by atomic mass is 10.3. The van der Waals surface area contributed by atoms with Crippen LogP contribution in [0.3, 0.4) is 0 Å². The smallest absolute Gasteiger partial charge is 0.299 e. The molecule has 0 unspecified atom stereocenters. The number of fused-ring (bicyclic) bond motifs is 1. The number of rotatable bonds is 4. The number of hydrogen-bond donors (Lipinski definition) is 1. The van der Waals surface area contributed by atoms with Crippen LogP contribution in [0.15, 0.2) is 27.9 Å². The van der Waals surface area contributed by atoms with Crippen molar-refractivity contribution in [1.82, 2.24) is 9.29 Å². The maximum Gasteiger partial charge on any atom is 0.308 e. The van der Waals surface area contributed by atoms with Crippen LogP contribution in [0.5, 0.6) is 0 Å². The predicted octanol–water partition coefficient (Wildman–Crippen LogP) is 1.38. The Kier molecular flexibility index (Phi) is 3.56. The summed E-state index contributed by atoms with van der Waals surface area (Å²) < 4.78 is 28.4. The summed E-state index contributed by atoms with van der Waals surface area (Å²) in [5, 5.41) is 0. The van der Waals surface area contributed by atoms with Crippen molar-refractivity contribution in [2.24, 2.45) is 0 Å². The van der Waals surface area contributed by atoms with Gasteiger partial charge in [-0.05, 0) is 25.1 Å². The van der Waals surface area contributed by atoms with Crippen LogP contribution in [0.2, 0.25) is 0 Å². The van der Waals surface area contributed by atoms with Crippen LogP contribution in [0.1, 0.15) is 13.8 Å². The van der Waals surface area contributed by atoms with Gasteiger partial charge in [-0.1, -0.05) is 18.3 Å². The van der Waals surface area contributed by atoms with Gasteiger partial charge in [0.05, 0.1) is 15.1 Å². The molecule has 0 atom stereocenters. The number of sulfonamides is 1. The van der Waals surface area contributed by atoms with E-state index in [2.05, 4.69) is 4.72 Å². The molecule has 0 aliphatic heterocycles. The zero-order valence-electron chi connectivity index (χ0n) is 10.1. The van der Waals surface area contributed by atoms with Crippen molar-refractivity contribution in [2.45, 2.75) is 25.3 Å². The molecule has 1 heterocycles. The van der Waals surface area contributed by atoms with Gasteiger partial charge in [-0.2, -0.15) is 0 Å². The first-order chi connectivity index (χ1) is 8.49. The van der Waals surface area contributed by atoms with E-state index in [4.69, 9.17) is 0 Å². The second-order valence-corrected chi connectivity index (χ2v) is 6.50. The second kappa shape index (κ2) is 4.83. The Balaban J connectivity index is 2.63. The molecular weight excluding hydrogens is 272 g/mol. The van der Waals surface area contributed by atoms with Gasteiger partial charge in [-0.3, -0.25) is 9.36 Å². The lowest BCUT2D eigenvalue weighted by Gasteiger charge is -2.04. The third-order valence-electron chi connectivity index (χ3n) is 2.60. The zero-order chi connectivity index (χ0) is 13.3. The molecule has 1 N–H and O–H groups in total. The summed E-state index contributed by atoms with van der Waals surface area (Å²) in [7, 11) is -3.47. The Labute approximate surface area is 109 Å². The summed E-state index contributed by atoms with van der Waals surface area (Å²) in [6.07, 6.45) is 0. The molecule has 2 rings (SSSR count). The molecule has 0 aliphatic rings. The van der Waals surface area contributed by atoms with Crippen LogP contribution in [0.4, 0.5) is 0 Å². The van der Waals surface area contributed by atoms with E-state index in [-0.39, 0.29) is 9.77 Å². The highest BCUT2D eigenvalue weighted by atomic mass is 32.2. The third kappa shape index (κ3) is 2.21. The molecule has 2 aromatic rings. The molecule has 0 bridgehead atoms. The minimum atomic E-state index is -3.47. The van der Waals surface area contributed by atoms with Gasteiger partial charge in [0.25, 0.3) is 0 Å². The average Bonchev–Trinajstić information content (AvgIpc) is 2.63. The van der Waals surface area contributed by atoms with E-state index in [9.17, 15) is 13.2 Å². The molecule has 1 aromatic carbocycles. The number of aromatic nitrogens is 1. The molecule has 0 aliphatic carbocycles. The molecule has 0 saturated carbocycles. The summed E-state index contributed by atoms with van der Waals surface area (Å²) in [6.45, 7) is 4.53. The van der Waals surface area contributed by atoms with Gasteiger partial charge in [0.2, 0.25) is 10.0 Å². The van der Waals surface area contributed by atoms with Crippen molar-refractivity contribution in [1.29, 1.82) is 0 Å². The largest absolute Gasteiger partial charge is 0.308 e. The molecule has 0 fully saturated rings. The van der Waals surface area contributed by atoms with E-state index in [1.165, 1.54) is 6.07 Å². The molecular formula is C11H14N2O3S2. The highest BCUT2D eigenvalue weighted by Gasteiger charge is 2.15. The van der Waals surface area contributed by atoms with Gasteiger partial charge in [0, 0.05) is 13.1 Å². The van der Waals surface area contributed by atoms with Gasteiger partial charge < -0.3 is 0 Å². The van der Waals surface area contributed by atoms with Crippen LogP contribution < -0.4 is 9.60 Å². The number of nitrogens with one attached hydrogen (secondary N) is 1. The first-order valence-electron chi connectivity index (χ1n) is 5.62. The molecule has 0 amide bonds. The Morgan fingerprint density at radius 2 is 2.06 bits per heavy atom. The highest BCUT2D eigenvalue weighted by Crippen LogP contribution is 2.21. The SMILES string of the molecule is CCNS(=O)(=O)c1ccc2c(c1)sc(=O)n2CC. The molecule has 0 spiro atoms. The van der Waals surface area contributed by atoms with Gasteiger partial charge >= 0.3 is 4.87 Å². The lowest BCUT2D eigenvalue weighted by Crippen LogP contribution is -2.23. The Bertz CT molecular complexity index is 728. The molecule has 0 saturated heterocycles. The van der Waals surface area contributed by atoms with Crippen molar-refractivity contribution < 1.29 is 8.42 Å². The van der Waals surface area contributed by atoms with Crippen molar-refractivity contribution >= 4 is 31.6 Å². The van der Waals surface area contributed by atoms with Crippen molar-refractivity contribution in [3.63, 3.8) is 0 Å². The maximum atomic E-state index is 11.8. The number of nitrogens with zero attached hydrogens (tertiary/aromatic N) is 1. The molecule has 18 heavy (non-hydrogen) atoms. The quantitative estimate of drug-likeness (QED) is 0.923. The van der Waals surface area contributed by atoms with Crippen LogP contribution in [-0.2, 0) is 16.6 Å². The van der Waals surface area contributed by atoms with Gasteiger partial charge in [-0.25, -0.2) is 13.1 Å². The minimum Gasteiger partial charge on any atom is -0.299 e. The fourth-order valence-corrected chi connectivity index (χ4v) is 3.92. The molecule has 98 valence electrons. The van der Waals surface area contributed by atoms with Crippen LogP contribution >= 0.6 is 11.3 Å². The Morgan fingerprint density at radius 1 is 1.33 bits per heavy atom. The minimum absolute atomic E-state index is 0.0644. The summed E-state index contributed by atoms with van der Waals surface area (Å²) >= 11 is 1.07. The number of hydrogen-bond acceptors (Lipinski definition) is 4. The van der Waals surface area contributed by atoms with E-state index >= 15 is 0 Å². The summed E-state index contributed by atoms with van der Waals surface area (Å²) in [4.78, 5) is 11.8. The number of benzene rings is 1. The monoisotopic (exact) mass is 286 g/mol. The van der Waals surface area contributed by atoms with E-state index in [0.29, 0.717) is 17.8 Å². The summed E-state index contributed by atoms with van der Waals surface area (Å²) in [5.74, 6) is 0. The Hall–Kier alpha value is -1.18. The average molecular weight is 286 g/mol. The standard InChI is InChI=1S/C11H14N2O3S2/c1-3-12-18(15,16)8-5-6-9-10(7-8)17-11(14)13(9)4-2/h5-7,12H,3-4H2,1-2H3. The zero-order valence-corrected chi connectivity index (χ0v) is 11.8. The van der Waals surface area contributed by atoms with Crippen LogP contribution in [-0.4, -0.2) is 19.5 Å². The normalized spacial score (nSPS) is 12.1. The van der Waals surface area contributed by atoms with Crippen LogP contribution in [0, 0.1) is 0 Å². The fourth-order valence-electron chi connectivity index (χ4n) is 1.79. The maximum absolute atomic E-state index is 11.8. The van der Waals surface area contributed by atoms with Crippen LogP contribution in [0.25, 0.3) is 10.2 Å². The van der Waals surface area contributed by atoms with E-state index < -0.39 is 10.0 Å². The third-order valence-corrected chi connectivity index (χ3v) is 5.09. The summed E-state index contributed by atoms with van der Waals surface area (Å²) in [5.41, 5.74) is 0.781. The number of aryl methyl sites for hydroxylation is 1. The molecule has 1 aromatic heterocycles. The van der Waals surface area contributed by atoms with E-state index in [1.54, 1.807) is 23.6 Å². The molecule has 7 heteroatoms. The first-order valence-corrected chi connectivity index (χ1v) is 7.92. The van der Waals surface area contributed by atoms with Crippen molar-refractivity contribution in [2.75, 3.05) is 6.54 Å². The Morgan fingerprint density at radius 3 is 2.67 bits per heavy atom. The van der Waals surface area contributed by atoms with Gasteiger partial charge in [-0.15, -0.1) is 0 Å².